The van der Waals surface area contributed by atoms with Crippen LogP contribution in [0.5, 0.6) is 5.75 Å². The minimum Gasteiger partial charge on any atom is -0.479 e. The van der Waals surface area contributed by atoms with E-state index in [9.17, 15) is 4.79 Å². The van der Waals surface area contributed by atoms with Gasteiger partial charge in [-0.15, -0.1) is 24.8 Å². The van der Waals surface area contributed by atoms with Crippen LogP contribution in [-0.4, -0.2) is 47.6 Å². The van der Waals surface area contributed by atoms with E-state index in [1.54, 1.807) is 31.5 Å². The number of carbonyl (C=O) groups is 1. The van der Waals surface area contributed by atoms with Crippen molar-refractivity contribution in [3.8, 4) is 5.75 Å². The molecule has 1 aliphatic rings. The highest BCUT2D eigenvalue weighted by molar-refractivity contribution is 5.85. The molecule has 20 heavy (non-hydrogen) atoms. The summed E-state index contributed by atoms with van der Waals surface area (Å²) in [4.78, 5) is 18.1. The van der Waals surface area contributed by atoms with Crippen molar-refractivity contribution in [2.75, 3.05) is 19.6 Å². The predicted octanol–water partition coefficient (Wildman–Crippen LogP) is 1.51. The molecular formula is C13H21Cl2N3O2. The SMILES string of the molecule is CC(Oc1cccnc1)C(=O)N1CCNC[C@@H]1C.Cl.Cl. The first-order chi connectivity index (χ1) is 8.68. The van der Waals surface area contributed by atoms with Crippen LogP contribution in [0.1, 0.15) is 13.8 Å². The van der Waals surface area contributed by atoms with Crippen LogP contribution < -0.4 is 10.1 Å². The molecule has 2 rings (SSSR count). The Bertz CT molecular complexity index is 406. The van der Waals surface area contributed by atoms with Gasteiger partial charge in [0.15, 0.2) is 6.10 Å². The first-order valence-electron chi connectivity index (χ1n) is 6.26. The van der Waals surface area contributed by atoms with E-state index in [0.717, 1.165) is 19.6 Å². The third-order valence-electron chi connectivity index (χ3n) is 3.08. The zero-order valence-corrected chi connectivity index (χ0v) is 13.2. The summed E-state index contributed by atoms with van der Waals surface area (Å²) in [6.07, 6.45) is 2.82. The van der Waals surface area contributed by atoms with Gasteiger partial charge in [-0.2, -0.15) is 0 Å². The topological polar surface area (TPSA) is 54.5 Å². The second kappa shape index (κ2) is 9.00. The van der Waals surface area contributed by atoms with Crippen molar-refractivity contribution in [3.63, 3.8) is 0 Å². The number of rotatable bonds is 3. The largest absolute Gasteiger partial charge is 0.479 e. The van der Waals surface area contributed by atoms with Gasteiger partial charge in [-0.05, 0) is 26.0 Å². The fourth-order valence-electron chi connectivity index (χ4n) is 2.07. The molecule has 1 aromatic rings. The van der Waals surface area contributed by atoms with Crippen molar-refractivity contribution in [1.29, 1.82) is 0 Å². The van der Waals surface area contributed by atoms with E-state index in [1.807, 2.05) is 11.8 Å². The lowest BCUT2D eigenvalue weighted by Gasteiger charge is -2.35. The molecule has 0 aromatic carbocycles. The Kier molecular flexibility index (Phi) is 8.53. The summed E-state index contributed by atoms with van der Waals surface area (Å²) < 4.78 is 5.60. The summed E-state index contributed by atoms with van der Waals surface area (Å²) in [5.41, 5.74) is 0. The lowest BCUT2D eigenvalue weighted by atomic mass is 10.2. The zero-order valence-electron chi connectivity index (χ0n) is 11.6. The molecule has 0 saturated carbocycles. The van der Waals surface area contributed by atoms with E-state index in [-0.39, 0.29) is 36.8 Å². The lowest BCUT2D eigenvalue weighted by molar-refractivity contribution is -0.140. The number of piperazine rings is 1. The Morgan fingerprint density at radius 3 is 2.90 bits per heavy atom. The Morgan fingerprint density at radius 2 is 2.30 bits per heavy atom. The summed E-state index contributed by atoms with van der Waals surface area (Å²) in [6.45, 7) is 6.24. The first kappa shape index (κ1) is 19.0. The van der Waals surface area contributed by atoms with Gasteiger partial charge in [0.25, 0.3) is 5.91 Å². The molecule has 1 saturated heterocycles. The monoisotopic (exact) mass is 321 g/mol. The molecule has 1 N–H and O–H groups in total. The third kappa shape index (κ3) is 4.81. The molecule has 1 fully saturated rings. The summed E-state index contributed by atoms with van der Waals surface area (Å²) in [6, 6.07) is 3.81. The zero-order chi connectivity index (χ0) is 13.0. The molecule has 1 aromatic heterocycles. The molecule has 5 nitrogen and oxygen atoms in total. The number of amides is 1. The maximum Gasteiger partial charge on any atom is 0.263 e. The number of pyridine rings is 1. The number of hydrogen-bond donors (Lipinski definition) is 1. The molecule has 1 amide bonds. The Hall–Kier alpha value is -1.04. The first-order valence-corrected chi connectivity index (χ1v) is 6.26. The fourth-order valence-corrected chi connectivity index (χ4v) is 2.07. The van der Waals surface area contributed by atoms with E-state index in [2.05, 4.69) is 10.3 Å². The Balaban J connectivity index is 0.00000180. The van der Waals surface area contributed by atoms with Gasteiger partial charge in [-0.25, -0.2) is 0 Å². The molecule has 7 heteroatoms. The maximum atomic E-state index is 12.3. The van der Waals surface area contributed by atoms with E-state index in [0.29, 0.717) is 5.75 Å². The van der Waals surface area contributed by atoms with Crippen LogP contribution in [0.4, 0.5) is 0 Å². The molecule has 114 valence electrons. The molecule has 1 aliphatic heterocycles. The number of aromatic nitrogens is 1. The van der Waals surface area contributed by atoms with Crippen LogP contribution in [0.2, 0.25) is 0 Å². The van der Waals surface area contributed by atoms with Crippen molar-refractivity contribution in [2.45, 2.75) is 26.0 Å². The smallest absolute Gasteiger partial charge is 0.263 e. The highest BCUT2D eigenvalue weighted by Gasteiger charge is 2.27. The molecule has 1 unspecified atom stereocenters. The quantitative estimate of drug-likeness (QED) is 0.917. The number of halogens is 2. The standard InChI is InChI=1S/C13H19N3O2.2ClH/c1-10-8-15-6-7-16(10)13(17)11(2)18-12-4-3-5-14-9-12;;/h3-5,9-11,15H,6-8H2,1-2H3;2*1H/t10-,11?;;/m0../s1. The molecule has 0 spiro atoms. The highest BCUT2D eigenvalue weighted by Crippen LogP contribution is 2.12. The van der Waals surface area contributed by atoms with Crippen LogP contribution in [0.15, 0.2) is 24.5 Å². The Morgan fingerprint density at radius 1 is 1.55 bits per heavy atom. The van der Waals surface area contributed by atoms with Crippen LogP contribution >= 0.6 is 24.8 Å². The van der Waals surface area contributed by atoms with Crippen molar-refractivity contribution < 1.29 is 9.53 Å². The third-order valence-corrected chi connectivity index (χ3v) is 3.08. The second-order valence-corrected chi connectivity index (χ2v) is 4.53. The van der Waals surface area contributed by atoms with Crippen molar-refractivity contribution >= 4 is 30.7 Å². The van der Waals surface area contributed by atoms with Crippen LogP contribution in [-0.2, 0) is 4.79 Å². The average Bonchev–Trinajstić information content (AvgIpc) is 2.39. The number of hydrogen-bond acceptors (Lipinski definition) is 4. The second-order valence-electron chi connectivity index (χ2n) is 4.53. The van der Waals surface area contributed by atoms with Crippen molar-refractivity contribution in [3.05, 3.63) is 24.5 Å². The van der Waals surface area contributed by atoms with Gasteiger partial charge >= 0.3 is 0 Å². The van der Waals surface area contributed by atoms with Gasteiger partial charge in [0, 0.05) is 31.9 Å². The minimum atomic E-state index is -0.477. The van der Waals surface area contributed by atoms with E-state index < -0.39 is 6.10 Å². The summed E-state index contributed by atoms with van der Waals surface area (Å²) in [5, 5.41) is 3.26. The number of nitrogens with one attached hydrogen (secondary N) is 1. The summed E-state index contributed by atoms with van der Waals surface area (Å²) in [5.74, 6) is 0.661. The van der Waals surface area contributed by atoms with Crippen LogP contribution in [0, 0.1) is 0 Å². The van der Waals surface area contributed by atoms with E-state index >= 15 is 0 Å². The van der Waals surface area contributed by atoms with Crippen molar-refractivity contribution in [1.82, 2.24) is 15.2 Å². The highest BCUT2D eigenvalue weighted by atomic mass is 35.5. The summed E-state index contributed by atoms with van der Waals surface area (Å²) >= 11 is 0. The number of nitrogens with zero attached hydrogens (tertiary/aromatic N) is 2. The van der Waals surface area contributed by atoms with Gasteiger partial charge in [0.1, 0.15) is 5.75 Å². The minimum absolute atomic E-state index is 0. The predicted molar refractivity (Wildman–Crippen MR) is 82.9 cm³/mol. The van der Waals surface area contributed by atoms with Gasteiger partial charge in [-0.1, -0.05) is 0 Å². The normalized spacial score (nSPS) is 19.3. The van der Waals surface area contributed by atoms with Gasteiger partial charge in [-0.3, -0.25) is 9.78 Å². The van der Waals surface area contributed by atoms with Gasteiger partial charge in [0.2, 0.25) is 0 Å². The number of carbonyl (C=O) groups excluding carboxylic acids is 1. The molecule has 0 radical (unpaired) electrons. The molecular weight excluding hydrogens is 301 g/mol. The Labute approximate surface area is 131 Å². The molecule has 2 heterocycles. The lowest BCUT2D eigenvalue weighted by Crippen LogP contribution is -2.55. The van der Waals surface area contributed by atoms with E-state index in [1.165, 1.54) is 0 Å². The fraction of sp³-hybridized carbons (Fsp3) is 0.538. The summed E-state index contributed by atoms with van der Waals surface area (Å²) in [7, 11) is 0. The average molecular weight is 322 g/mol. The maximum absolute atomic E-state index is 12.3. The number of ether oxygens (including phenoxy) is 1. The van der Waals surface area contributed by atoms with Crippen molar-refractivity contribution in [2.24, 2.45) is 0 Å². The van der Waals surface area contributed by atoms with Crippen LogP contribution in [0.25, 0.3) is 0 Å². The van der Waals surface area contributed by atoms with Gasteiger partial charge in [0.05, 0.1) is 6.20 Å². The molecule has 0 bridgehead atoms. The van der Waals surface area contributed by atoms with E-state index in [4.69, 9.17) is 4.74 Å². The molecule has 2 atom stereocenters. The van der Waals surface area contributed by atoms with Crippen LogP contribution in [0.3, 0.4) is 0 Å². The van der Waals surface area contributed by atoms with Gasteiger partial charge < -0.3 is 15.0 Å². The molecule has 0 aliphatic carbocycles.